The molecule has 7 heteroatoms. The van der Waals surface area contributed by atoms with Crippen LogP contribution in [0.25, 0.3) is 0 Å². The van der Waals surface area contributed by atoms with Crippen molar-refractivity contribution in [1.82, 2.24) is 0 Å². The molecular formula is C23H26O6S. The number of aryl methyl sites for hydroxylation is 1. The van der Waals surface area contributed by atoms with Gasteiger partial charge in [0.05, 0.1) is 29.9 Å². The average Bonchev–Trinajstić information content (AvgIpc) is 2.73. The van der Waals surface area contributed by atoms with Gasteiger partial charge in [0.1, 0.15) is 5.25 Å². The molecule has 0 heterocycles. The summed E-state index contributed by atoms with van der Waals surface area (Å²) in [6.45, 7) is 5.42. The van der Waals surface area contributed by atoms with Crippen LogP contribution in [0.1, 0.15) is 35.8 Å². The molecule has 3 atom stereocenters. The monoisotopic (exact) mass is 430 g/mol. The van der Waals surface area contributed by atoms with Gasteiger partial charge in [-0.2, -0.15) is 0 Å². The predicted molar refractivity (Wildman–Crippen MR) is 111 cm³/mol. The van der Waals surface area contributed by atoms with E-state index in [-0.39, 0.29) is 24.5 Å². The Morgan fingerprint density at radius 3 is 2.17 bits per heavy atom. The number of sulfone groups is 1. The number of fused-ring (bicyclic) bond motifs is 1. The summed E-state index contributed by atoms with van der Waals surface area (Å²) in [5.41, 5.74) is 2.16. The van der Waals surface area contributed by atoms with E-state index in [2.05, 4.69) is 0 Å². The number of rotatable bonds is 6. The van der Waals surface area contributed by atoms with Crippen LogP contribution in [0.15, 0.2) is 53.4 Å². The van der Waals surface area contributed by atoms with Crippen molar-refractivity contribution < 1.29 is 27.5 Å². The summed E-state index contributed by atoms with van der Waals surface area (Å²) in [6.07, 6.45) is 0.221. The first kappa shape index (κ1) is 22.0. The van der Waals surface area contributed by atoms with E-state index in [1.165, 1.54) is 12.1 Å². The van der Waals surface area contributed by atoms with E-state index < -0.39 is 38.9 Å². The van der Waals surface area contributed by atoms with Crippen LogP contribution in [-0.2, 0) is 35.3 Å². The summed E-state index contributed by atoms with van der Waals surface area (Å²) in [6, 6.07) is 13.5. The highest BCUT2D eigenvalue weighted by Crippen LogP contribution is 2.46. The van der Waals surface area contributed by atoms with Crippen molar-refractivity contribution in [3.63, 3.8) is 0 Å². The summed E-state index contributed by atoms with van der Waals surface area (Å²) >= 11 is 0. The molecule has 0 amide bonds. The Bertz CT molecular complexity index is 1030. The lowest BCUT2D eigenvalue weighted by Gasteiger charge is -2.36. The minimum atomic E-state index is -3.99. The van der Waals surface area contributed by atoms with Gasteiger partial charge in [0.2, 0.25) is 0 Å². The van der Waals surface area contributed by atoms with Crippen LogP contribution in [0, 0.1) is 18.8 Å². The Kier molecular flexibility index (Phi) is 6.61. The fraction of sp³-hybridized carbons (Fsp3) is 0.391. The Morgan fingerprint density at radius 2 is 1.53 bits per heavy atom. The van der Waals surface area contributed by atoms with Gasteiger partial charge in [-0.1, -0.05) is 42.0 Å². The SMILES string of the molecule is CCOC(=O)[C@H]1[C@H](C(=O)OCC)Cc2ccccc2[C@@H]1S(=O)(=O)c1ccc(C)cc1. The molecule has 0 bridgehead atoms. The number of esters is 2. The average molecular weight is 431 g/mol. The molecule has 0 N–H and O–H groups in total. The molecule has 2 aromatic carbocycles. The maximum Gasteiger partial charge on any atom is 0.311 e. The summed E-state index contributed by atoms with van der Waals surface area (Å²) < 4.78 is 37.9. The quantitative estimate of drug-likeness (QED) is 0.653. The zero-order valence-electron chi connectivity index (χ0n) is 17.3. The molecule has 0 fully saturated rings. The molecule has 1 aliphatic carbocycles. The fourth-order valence-electron chi connectivity index (χ4n) is 4.01. The van der Waals surface area contributed by atoms with Gasteiger partial charge in [-0.15, -0.1) is 0 Å². The third-order valence-electron chi connectivity index (χ3n) is 5.39. The van der Waals surface area contributed by atoms with E-state index in [0.29, 0.717) is 5.56 Å². The fourth-order valence-corrected chi connectivity index (χ4v) is 6.07. The molecule has 30 heavy (non-hydrogen) atoms. The molecular weight excluding hydrogens is 404 g/mol. The molecule has 3 rings (SSSR count). The zero-order valence-corrected chi connectivity index (χ0v) is 18.1. The third kappa shape index (κ3) is 4.12. The maximum atomic E-state index is 13.7. The number of carbonyl (C=O) groups is 2. The smallest absolute Gasteiger partial charge is 0.311 e. The van der Waals surface area contributed by atoms with Crippen LogP contribution in [-0.4, -0.2) is 33.6 Å². The molecule has 2 aromatic rings. The normalized spacial score (nSPS) is 20.8. The number of hydrogen-bond acceptors (Lipinski definition) is 6. The molecule has 6 nitrogen and oxygen atoms in total. The van der Waals surface area contributed by atoms with E-state index in [4.69, 9.17) is 9.47 Å². The van der Waals surface area contributed by atoms with Gasteiger partial charge in [0, 0.05) is 0 Å². The lowest BCUT2D eigenvalue weighted by Crippen LogP contribution is -2.43. The Labute approximate surface area is 177 Å². The van der Waals surface area contributed by atoms with E-state index in [1.54, 1.807) is 50.2 Å². The largest absolute Gasteiger partial charge is 0.466 e. The molecule has 0 unspecified atom stereocenters. The second-order valence-corrected chi connectivity index (χ2v) is 9.39. The molecule has 0 radical (unpaired) electrons. The van der Waals surface area contributed by atoms with E-state index >= 15 is 0 Å². The van der Waals surface area contributed by atoms with Gasteiger partial charge in [-0.05, 0) is 50.5 Å². The molecule has 0 saturated carbocycles. The first-order valence-corrected chi connectivity index (χ1v) is 11.6. The van der Waals surface area contributed by atoms with Gasteiger partial charge < -0.3 is 9.47 Å². The lowest BCUT2D eigenvalue weighted by atomic mass is 9.75. The van der Waals surface area contributed by atoms with Gasteiger partial charge in [0.15, 0.2) is 9.84 Å². The van der Waals surface area contributed by atoms with E-state index in [0.717, 1.165) is 11.1 Å². The second kappa shape index (κ2) is 9.00. The van der Waals surface area contributed by atoms with Gasteiger partial charge >= 0.3 is 11.9 Å². The summed E-state index contributed by atoms with van der Waals surface area (Å²) in [7, 11) is -3.99. The van der Waals surface area contributed by atoms with Crippen LogP contribution < -0.4 is 0 Å². The second-order valence-electron chi connectivity index (χ2n) is 7.32. The van der Waals surface area contributed by atoms with Crippen molar-refractivity contribution in [2.24, 2.45) is 11.8 Å². The molecule has 1 aliphatic rings. The third-order valence-corrected chi connectivity index (χ3v) is 7.54. The Morgan fingerprint density at radius 1 is 0.933 bits per heavy atom. The van der Waals surface area contributed by atoms with Crippen molar-refractivity contribution in [3.05, 3.63) is 65.2 Å². The number of hydrogen-bond donors (Lipinski definition) is 0. The van der Waals surface area contributed by atoms with Crippen molar-refractivity contribution >= 4 is 21.8 Å². The highest BCUT2D eigenvalue weighted by molar-refractivity contribution is 7.91. The first-order valence-electron chi connectivity index (χ1n) is 10.0. The molecule has 0 aromatic heterocycles. The van der Waals surface area contributed by atoms with E-state index in [9.17, 15) is 18.0 Å². The zero-order chi connectivity index (χ0) is 21.9. The number of carbonyl (C=O) groups excluding carboxylic acids is 2. The topological polar surface area (TPSA) is 86.7 Å². The minimum Gasteiger partial charge on any atom is -0.466 e. The van der Waals surface area contributed by atoms with Crippen molar-refractivity contribution in [1.29, 1.82) is 0 Å². The van der Waals surface area contributed by atoms with Crippen LogP contribution in [0.4, 0.5) is 0 Å². The molecule has 160 valence electrons. The van der Waals surface area contributed by atoms with Gasteiger partial charge in [0.25, 0.3) is 0 Å². The van der Waals surface area contributed by atoms with Crippen LogP contribution in [0.3, 0.4) is 0 Å². The van der Waals surface area contributed by atoms with Crippen LogP contribution in [0.2, 0.25) is 0 Å². The van der Waals surface area contributed by atoms with E-state index in [1.807, 2.05) is 6.92 Å². The minimum absolute atomic E-state index is 0.0871. The summed E-state index contributed by atoms with van der Waals surface area (Å²) in [4.78, 5) is 25.8. The van der Waals surface area contributed by atoms with Gasteiger partial charge in [-0.25, -0.2) is 8.42 Å². The van der Waals surface area contributed by atoms with Crippen LogP contribution >= 0.6 is 0 Å². The summed E-state index contributed by atoms with van der Waals surface area (Å²) in [5.74, 6) is -3.42. The number of ether oxygens (including phenoxy) is 2. The molecule has 0 aliphatic heterocycles. The van der Waals surface area contributed by atoms with Crippen LogP contribution in [0.5, 0.6) is 0 Å². The molecule has 0 saturated heterocycles. The highest BCUT2D eigenvalue weighted by Gasteiger charge is 2.51. The standard InChI is InChI=1S/C23H26O6S/c1-4-28-22(24)19-14-16-8-6-7-9-18(16)21(20(19)23(25)29-5-2)30(26,27)17-12-10-15(3)11-13-17/h6-13,19-21H,4-5,14H2,1-3H3/t19-,20+,21+/m1/s1. The Hall–Kier alpha value is -2.67. The van der Waals surface area contributed by atoms with Crippen molar-refractivity contribution in [2.45, 2.75) is 37.3 Å². The highest BCUT2D eigenvalue weighted by atomic mass is 32.2. The van der Waals surface area contributed by atoms with Gasteiger partial charge in [-0.3, -0.25) is 9.59 Å². The molecule has 0 spiro atoms. The van der Waals surface area contributed by atoms with Crippen molar-refractivity contribution in [2.75, 3.05) is 13.2 Å². The first-order chi connectivity index (χ1) is 14.3. The van der Waals surface area contributed by atoms with Crippen molar-refractivity contribution in [3.8, 4) is 0 Å². The number of benzene rings is 2. The lowest BCUT2D eigenvalue weighted by molar-refractivity contribution is -0.161. The maximum absolute atomic E-state index is 13.7. The summed E-state index contributed by atoms with van der Waals surface area (Å²) in [5, 5.41) is -1.24. The Balaban J connectivity index is 2.22. The predicted octanol–water partition coefficient (Wildman–Crippen LogP) is 3.42.